The Bertz CT molecular complexity index is 341. The van der Waals surface area contributed by atoms with Crippen molar-refractivity contribution in [3.63, 3.8) is 0 Å². The van der Waals surface area contributed by atoms with Gasteiger partial charge in [0, 0.05) is 25.2 Å². The molecule has 1 fully saturated rings. The Morgan fingerprint density at radius 2 is 2.25 bits per heavy atom. The topological polar surface area (TPSA) is 67.1 Å². The van der Waals surface area contributed by atoms with Gasteiger partial charge in [-0.25, -0.2) is 9.97 Å². The van der Waals surface area contributed by atoms with Crippen LogP contribution < -0.4 is 11.1 Å². The second-order valence-corrected chi connectivity index (χ2v) is 4.36. The molecule has 0 radical (unpaired) electrons. The molecule has 1 saturated carbocycles. The first-order chi connectivity index (χ1) is 7.65. The Balaban J connectivity index is 1.79. The van der Waals surface area contributed by atoms with Crippen LogP contribution in [0.3, 0.4) is 0 Å². The van der Waals surface area contributed by atoms with Crippen LogP contribution in [-0.2, 0) is 0 Å². The zero-order valence-corrected chi connectivity index (χ0v) is 9.90. The maximum Gasteiger partial charge on any atom is 0.131 e. The van der Waals surface area contributed by atoms with E-state index in [1.165, 1.54) is 12.8 Å². The molecule has 1 aromatic rings. The van der Waals surface area contributed by atoms with Crippen molar-refractivity contribution in [3.8, 4) is 0 Å². The summed E-state index contributed by atoms with van der Waals surface area (Å²) in [7, 11) is 2.17. The van der Waals surface area contributed by atoms with Crippen LogP contribution in [0.25, 0.3) is 0 Å². The van der Waals surface area contributed by atoms with Crippen molar-refractivity contribution >= 4 is 11.6 Å². The highest BCUT2D eigenvalue weighted by Crippen LogP contribution is 2.24. The summed E-state index contributed by atoms with van der Waals surface area (Å²) in [6, 6.07) is 2.57. The summed E-state index contributed by atoms with van der Waals surface area (Å²) >= 11 is 0. The summed E-state index contributed by atoms with van der Waals surface area (Å²) < 4.78 is 0. The summed E-state index contributed by atoms with van der Waals surface area (Å²) in [5.41, 5.74) is 5.65. The monoisotopic (exact) mass is 221 g/mol. The number of nitrogens with one attached hydrogen (secondary N) is 1. The molecule has 0 aliphatic heterocycles. The predicted molar refractivity (Wildman–Crippen MR) is 65.3 cm³/mol. The predicted octanol–water partition coefficient (Wildman–Crippen LogP) is 0.873. The molecular weight excluding hydrogens is 202 g/mol. The van der Waals surface area contributed by atoms with Gasteiger partial charge in [-0.2, -0.15) is 0 Å². The maximum absolute atomic E-state index is 5.65. The van der Waals surface area contributed by atoms with Gasteiger partial charge in [-0.05, 0) is 26.8 Å². The Hall–Kier alpha value is -1.36. The standard InChI is InChI=1S/C11H19N5/c1-8-14-10(12)7-11(15-8)13-5-6-16(2)9-3-4-9/h7,9H,3-6H2,1-2H3,(H3,12,13,14,15). The molecule has 1 aliphatic rings. The largest absolute Gasteiger partial charge is 0.384 e. The maximum atomic E-state index is 5.65. The minimum Gasteiger partial charge on any atom is -0.384 e. The van der Waals surface area contributed by atoms with Gasteiger partial charge < -0.3 is 16.0 Å². The first-order valence-corrected chi connectivity index (χ1v) is 5.70. The molecule has 0 aromatic carbocycles. The molecule has 5 nitrogen and oxygen atoms in total. The average Bonchev–Trinajstić information content (AvgIpc) is 2.98. The minimum atomic E-state index is 0.519. The summed E-state index contributed by atoms with van der Waals surface area (Å²) in [6.07, 6.45) is 2.69. The Morgan fingerprint density at radius 1 is 1.50 bits per heavy atom. The van der Waals surface area contributed by atoms with E-state index >= 15 is 0 Å². The molecular formula is C11H19N5. The summed E-state index contributed by atoms with van der Waals surface area (Å²) in [4.78, 5) is 10.7. The van der Waals surface area contributed by atoms with Gasteiger partial charge in [-0.1, -0.05) is 0 Å². The summed E-state index contributed by atoms with van der Waals surface area (Å²) in [5.74, 6) is 2.04. The molecule has 0 spiro atoms. The lowest BCUT2D eigenvalue weighted by atomic mass is 10.4. The zero-order valence-electron chi connectivity index (χ0n) is 9.90. The van der Waals surface area contributed by atoms with Gasteiger partial charge in [0.1, 0.15) is 17.5 Å². The number of nitrogen functional groups attached to an aromatic ring is 1. The molecule has 2 rings (SSSR count). The van der Waals surface area contributed by atoms with Crippen LogP contribution in [0.4, 0.5) is 11.6 Å². The highest BCUT2D eigenvalue weighted by Gasteiger charge is 2.25. The Morgan fingerprint density at radius 3 is 2.88 bits per heavy atom. The number of rotatable bonds is 5. The normalized spacial score (nSPS) is 15.4. The van der Waals surface area contributed by atoms with Gasteiger partial charge in [-0.15, -0.1) is 0 Å². The van der Waals surface area contributed by atoms with Crippen LogP contribution in [0.5, 0.6) is 0 Å². The number of nitrogens with two attached hydrogens (primary N) is 1. The van der Waals surface area contributed by atoms with Gasteiger partial charge in [0.05, 0.1) is 0 Å². The summed E-state index contributed by atoms with van der Waals surface area (Å²) in [6.45, 7) is 3.77. The number of likely N-dealkylation sites (N-methyl/N-ethyl adjacent to an activating group) is 1. The van der Waals surface area contributed by atoms with Crippen molar-refractivity contribution in [2.75, 3.05) is 31.2 Å². The molecule has 1 heterocycles. The first kappa shape index (κ1) is 11.1. The lowest BCUT2D eigenvalue weighted by Crippen LogP contribution is -2.27. The fourth-order valence-corrected chi connectivity index (χ4v) is 1.74. The second kappa shape index (κ2) is 4.65. The van der Waals surface area contributed by atoms with E-state index < -0.39 is 0 Å². The average molecular weight is 221 g/mol. The molecule has 3 N–H and O–H groups in total. The molecule has 0 bridgehead atoms. The van der Waals surface area contributed by atoms with E-state index in [-0.39, 0.29) is 0 Å². The van der Waals surface area contributed by atoms with Crippen molar-refractivity contribution in [1.29, 1.82) is 0 Å². The molecule has 0 amide bonds. The van der Waals surface area contributed by atoms with E-state index in [1.54, 1.807) is 6.07 Å². The highest BCUT2D eigenvalue weighted by molar-refractivity contribution is 5.44. The third-order valence-electron chi connectivity index (χ3n) is 2.80. The Labute approximate surface area is 96.1 Å². The van der Waals surface area contributed by atoms with Crippen LogP contribution in [0, 0.1) is 6.92 Å². The highest BCUT2D eigenvalue weighted by atomic mass is 15.2. The quantitative estimate of drug-likeness (QED) is 0.772. The van der Waals surface area contributed by atoms with Crippen molar-refractivity contribution in [2.45, 2.75) is 25.8 Å². The van der Waals surface area contributed by atoms with Crippen molar-refractivity contribution in [3.05, 3.63) is 11.9 Å². The van der Waals surface area contributed by atoms with E-state index in [4.69, 9.17) is 5.73 Å². The number of anilines is 2. The third-order valence-corrected chi connectivity index (χ3v) is 2.80. The van der Waals surface area contributed by atoms with Crippen molar-refractivity contribution < 1.29 is 0 Å². The first-order valence-electron chi connectivity index (χ1n) is 5.70. The molecule has 0 atom stereocenters. The van der Waals surface area contributed by atoms with Gasteiger partial charge >= 0.3 is 0 Å². The molecule has 88 valence electrons. The molecule has 16 heavy (non-hydrogen) atoms. The molecule has 1 aromatic heterocycles. The summed E-state index contributed by atoms with van der Waals surface area (Å²) in [5, 5.41) is 3.27. The van der Waals surface area contributed by atoms with Gasteiger partial charge in [-0.3, -0.25) is 0 Å². The van der Waals surface area contributed by atoms with Crippen LogP contribution in [-0.4, -0.2) is 41.0 Å². The number of nitrogens with zero attached hydrogens (tertiary/aromatic N) is 3. The fraction of sp³-hybridized carbons (Fsp3) is 0.636. The van der Waals surface area contributed by atoms with Crippen molar-refractivity contribution in [2.24, 2.45) is 0 Å². The van der Waals surface area contributed by atoms with Crippen LogP contribution >= 0.6 is 0 Å². The van der Waals surface area contributed by atoms with Crippen molar-refractivity contribution in [1.82, 2.24) is 14.9 Å². The smallest absolute Gasteiger partial charge is 0.131 e. The third kappa shape index (κ3) is 3.06. The molecule has 0 unspecified atom stereocenters. The minimum absolute atomic E-state index is 0.519. The molecule has 0 saturated heterocycles. The SMILES string of the molecule is Cc1nc(N)cc(NCCN(C)C2CC2)n1. The van der Waals surface area contributed by atoms with Gasteiger partial charge in [0.25, 0.3) is 0 Å². The number of aromatic nitrogens is 2. The van der Waals surface area contributed by atoms with E-state index in [9.17, 15) is 0 Å². The van der Waals surface area contributed by atoms with E-state index in [0.717, 1.165) is 24.9 Å². The van der Waals surface area contributed by atoms with Gasteiger partial charge in [0.15, 0.2) is 0 Å². The number of hydrogen-bond donors (Lipinski definition) is 2. The van der Waals surface area contributed by atoms with E-state index in [2.05, 4.69) is 27.2 Å². The second-order valence-electron chi connectivity index (χ2n) is 4.36. The lowest BCUT2D eigenvalue weighted by Gasteiger charge is -2.16. The van der Waals surface area contributed by atoms with Gasteiger partial charge in [0.2, 0.25) is 0 Å². The number of hydrogen-bond acceptors (Lipinski definition) is 5. The van der Waals surface area contributed by atoms with Crippen LogP contribution in [0.1, 0.15) is 18.7 Å². The van der Waals surface area contributed by atoms with Crippen LogP contribution in [0.15, 0.2) is 6.07 Å². The van der Waals surface area contributed by atoms with Crippen LogP contribution in [0.2, 0.25) is 0 Å². The molecule has 1 aliphatic carbocycles. The molecule has 5 heteroatoms. The fourth-order valence-electron chi connectivity index (χ4n) is 1.74. The Kier molecular flexibility index (Phi) is 3.24. The number of aryl methyl sites for hydroxylation is 1. The van der Waals surface area contributed by atoms with E-state index in [1.807, 2.05) is 6.92 Å². The zero-order chi connectivity index (χ0) is 11.5. The lowest BCUT2D eigenvalue weighted by molar-refractivity contribution is 0.337. The van der Waals surface area contributed by atoms with E-state index in [0.29, 0.717) is 11.6 Å².